The second kappa shape index (κ2) is 9.67. The Morgan fingerprint density at radius 1 is 1.11 bits per heavy atom. The summed E-state index contributed by atoms with van der Waals surface area (Å²) >= 11 is 0. The number of carbonyl (C=O) groups excluding carboxylic acids is 4. The predicted octanol–water partition coefficient (Wildman–Crippen LogP) is -1.27. The third-order valence-electron chi connectivity index (χ3n) is 2.43. The van der Waals surface area contributed by atoms with Crippen LogP contribution in [0.3, 0.4) is 0 Å². The summed E-state index contributed by atoms with van der Waals surface area (Å²) in [5.74, 6) is -0.635. The Hall–Kier alpha value is -1.23. The molecule has 0 heterocycles. The van der Waals surface area contributed by atoms with E-state index in [4.69, 9.17) is 0 Å². The minimum absolute atomic E-state index is 0.107. The van der Waals surface area contributed by atoms with E-state index in [1.165, 1.54) is 7.85 Å². The van der Waals surface area contributed by atoms with E-state index >= 15 is 0 Å². The highest BCUT2D eigenvalue weighted by molar-refractivity contribution is 7.40. The zero-order valence-corrected chi connectivity index (χ0v) is 12.5. The van der Waals surface area contributed by atoms with Crippen molar-refractivity contribution < 1.29 is 19.2 Å². The largest absolute Gasteiger partial charge is 0.347 e. The lowest BCUT2D eigenvalue weighted by atomic mass is 9.97. The normalized spacial score (nSPS) is 11.5. The van der Waals surface area contributed by atoms with Gasteiger partial charge in [0.1, 0.15) is 0 Å². The highest BCUT2D eigenvalue weighted by Crippen LogP contribution is 1.99. The summed E-state index contributed by atoms with van der Waals surface area (Å²) in [4.78, 5) is 44.3. The van der Waals surface area contributed by atoms with Crippen LogP contribution in [0.1, 0.15) is 32.6 Å². The van der Waals surface area contributed by atoms with Gasteiger partial charge in [-0.2, -0.15) is 0 Å². The van der Waals surface area contributed by atoms with E-state index in [1.807, 2.05) is 9.24 Å². The number of rotatable bonds is 9. The third-order valence-corrected chi connectivity index (χ3v) is 2.93. The van der Waals surface area contributed by atoms with Crippen LogP contribution in [0.2, 0.25) is 0 Å². The molecular formula is C11H20BN2O4P. The van der Waals surface area contributed by atoms with E-state index in [-0.39, 0.29) is 23.7 Å². The van der Waals surface area contributed by atoms with Crippen molar-refractivity contribution in [3.05, 3.63) is 0 Å². The van der Waals surface area contributed by atoms with Gasteiger partial charge in [0, 0.05) is 6.42 Å². The van der Waals surface area contributed by atoms with Crippen LogP contribution in [0, 0.1) is 0 Å². The second-order valence-corrected chi connectivity index (χ2v) is 4.95. The average molecular weight is 286 g/mol. The maximum atomic E-state index is 11.4. The van der Waals surface area contributed by atoms with Crippen molar-refractivity contribution in [1.82, 2.24) is 10.6 Å². The van der Waals surface area contributed by atoms with Gasteiger partial charge in [-0.15, -0.1) is 0 Å². The molecule has 0 saturated heterocycles. The van der Waals surface area contributed by atoms with Gasteiger partial charge in [0.2, 0.25) is 11.8 Å². The average Bonchev–Trinajstić information content (AvgIpc) is 2.31. The lowest BCUT2D eigenvalue weighted by Gasteiger charge is -2.10. The molecule has 0 aliphatic carbocycles. The van der Waals surface area contributed by atoms with Gasteiger partial charge < -0.3 is 15.4 Å². The summed E-state index contributed by atoms with van der Waals surface area (Å²) in [6.07, 6.45) is 2.06. The van der Waals surface area contributed by atoms with E-state index < -0.39 is 11.9 Å². The number of unbranched alkanes of at least 4 members (excludes halogenated alkanes) is 1. The van der Waals surface area contributed by atoms with Crippen LogP contribution in [0.5, 0.6) is 0 Å². The third kappa shape index (κ3) is 10.4. The first-order valence-corrected chi connectivity index (χ1v) is 6.75. The molecular weight excluding hydrogens is 266 g/mol. The maximum absolute atomic E-state index is 11.4. The van der Waals surface area contributed by atoms with Gasteiger partial charge in [-0.05, 0) is 26.2 Å². The van der Waals surface area contributed by atoms with Crippen molar-refractivity contribution in [2.45, 2.75) is 38.6 Å². The van der Waals surface area contributed by atoms with Crippen LogP contribution in [-0.4, -0.2) is 43.5 Å². The van der Waals surface area contributed by atoms with Crippen molar-refractivity contribution in [3.63, 3.8) is 0 Å². The number of nitrogens with one attached hydrogen (secondary N) is 2. The molecule has 0 aliphatic rings. The number of hydrogen-bond donors (Lipinski definition) is 2. The Morgan fingerprint density at radius 2 is 1.68 bits per heavy atom. The molecule has 106 valence electrons. The molecule has 0 aromatic heterocycles. The van der Waals surface area contributed by atoms with Crippen LogP contribution in [0.15, 0.2) is 0 Å². The SMILES string of the molecule is BC(=O)CCCCC(=O)NCC(=O)NC(C)C(=O)P. The molecule has 19 heavy (non-hydrogen) atoms. The van der Waals surface area contributed by atoms with Gasteiger partial charge >= 0.3 is 0 Å². The fourth-order valence-corrected chi connectivity index (χ4v) is 1.37. The fourth-order valence-electron chi connectivity index (χ4n) is 1.29. The topological polar surface area (TPSA) is 92.3 Å². The van der Waals surface area contributed by atoms with Crippen LogP contribution in [0.4, 0.5) is 0 Å². The molecule has 2 amide bonds. The Kier molecular flexibility index (Phi) is 9.05. The molecule has 2 unspecified atom stereocenters. The number of hydrogen-bond acceptors (Lipinski definition) is 4. The van der Waals surface area contributed by atoms with E-state index in [0.29, 0.717) is 25.7 Å². The summed E-state index contributed by atoms with van der Waals surface area (Å²) < 4.78 is 0. The summed E-state index contributed by atoms with van der Waals surface area (Å²) in [7, 11) is 3.50. The molecule has 0 aliphatic heterocycles. The minimum Gasteiger partial charge on any atom is -0.347 e. The molecule has 0 aromatic rings. The first-order chi connectivity index (χ1) is 8.82. The summed E-state index contributed by atoms with van der Waals surface area (Å²) in [6.45, 7) is 1.42. The van der Waals surface area contributed by atoms with Gasteiger partial charge in [0.25, 0.3) is 0 Å². The standard InChI is InChI=1S/C11H20BN2O4P/c1-7(11(18)19)14-10(17)6-13-9(16)5-3-2-4-8(12)15/h7H,2-6,12,19H2,1H3,(H,13,16)(H,14,17). The maximum Gasteiger partial charge on any atom is 0.239 e. The van der Waals surface area contributed by atoms with Gasteiger partial charge in [-0.1, -0.05) is 9.24 Å². The molecule has 0 fully saturated rings. The molecule has 0 radical (unpaired) electrons. The Labute approximate surface area is 116 Å². The lowest BCUT2D eigenvalue weighted by molar-refractivity contribution is -0.127. The first-order valence-electron chi connectivity index (χ1n) is 6.17. The van der Waals surface area contributed by atoms with E-state index in [2.05, 4.69) is 10.6 Å². The molecule has 0 aromatic carbocycles. The molecule has 8 heteroatoms. The van der Waals surface area contributed by atoms with Crippen LogP contribution in [-0.2, 0) is 19.2 Å². The molecule has 6 nitrogen and oxygen atoms in total. The highest BCUT2D eigenvalue weighted by Gasteiger charge is 2.11. The summed E-state index contributed by atoms with van der Waals surface area (Å²) in [5, 5.41) is 4.91. The highest BCUT2D eigenvalue weighted by atomic mass is 31.0. The van der Waals surface area contributed by atoms with Crippen LogP contribution < -0.4 is 10.6 Å². The van der Waals surface area contributed by atoms with Crippen molar-refractivity contribution in [3.8, 4) is 0 Å². The molecule has 2 atom stereocenters. The van der Waals surface area contributed by atoms with Crippen LogP contribution >= 0.6 is 9.24 Å². The van der Waals surface area contributed by atoms with Crippen molar-refractivity contribution >= 4 is 40.1 Å². The Morgan fingerprint density at radius 3 is 2.21 bits per heavy atom. The zero-order valence-electron chi connectivity index (χ0n) is 11.3. The summed E-state index contributed by atoms with van der Waals surface area (Å²) in [6, 6.07) is -0.579. The zero-order chi connectivity index (χ0) is 14.8. The molecule has 2 N–H and O–H groups in total. The van der Waals surface area contributed by atoms with Gasteiger partial charge in [0.15, 0.2) is 13.4 Å². The van der Waals surface area contributed by atoms with Gasteiger partial charge in [-0.25, -0.2) is 0 Å². The summed E-state index contributed by atoms with van der Waals surface area (Å²) in [5.41, 5.74) is -0.111. The van der Waals surface area contributed by atoms with Crippen molar-refractivity contribution in [1.29, 1.82) is 0 Å². The van der Waals surface area contributed by atoms with Crippen molar-refractivity contribution in [2.24, 2.45) is 0 Å². The first kappa shape index (κ1) is 17.8. The molecule has 0 spiro atoms. The predicted molar refractivity (Wildman–Crippen MR) is 77.4 cm³/mol. The van der Waals surface area contributed by atoms with E-state index in [9.17, 15) is 19.2 Å². The fraction of sp³-hybridized carbons (Fsp3) is 0.636. The molecule has 0 rings (SSSR count). The number of carbonyl (C=O) groups is 4. The Bertz CT molecular complexity index is 363. The monoisotopic (exact) mass is 286 g/mol. The second-order valence-electron chi connectivity index (χ2n) is 4.38. The van der Waals surface area contributed by atoms with Gasteiger partial charge in [-0.3, -0.25) is 14.4 Å². The van der Waals surface area contributed by atoms with Gasteiger partial charge in [0.05, 0.1) is 18.3 Å². The lowest BCUT2D eigenvalue weighted by Crippen LogP contribution is -2.42. The van der Waals surface area contributed by atoms with E-state index in [0.717, 1.165) is 0 Å². The van der Waals surface area contributed by atoms with Crippen LogP contribution in [0.25, 0.3) is 0 Å². The van der Waals surface area contributed by atoms with Crippen molar-refractivity contribution in [2.75, 3.05) is 6.54 Å². The Balaban J connectivity index is 3.69. The van der Waals surface area contributed by atoms with E-state index in [1.54, 1.807) is 6.92 Å². The smallest absolute Gasteiger partial charge is 0.239 e. The quantitative estimate of drug-likeness (QED) is 0.314. The molecule has 0 saturated carbocycles. The molecule has 0 bridgehead atoms. The number of amides is 2. The minimum atomic E-state index is -0.579.